The smallest absolute Gasteiger partial charge is 0.303 e. The Morgan fingerprint density at radius 2 is 1.55 bits per heavy atom. The van der Waals surface area contributed by atoms with Gasteiger partial charge in [0.15, 0.2) is 5.78 Å². The first-order valence-corrected chi connectivity index (χ1v) is 13.5. The summed E-state index contributed by atoms with van der Waals surface area (Å²) in [7, 11) is 0. The van der Waals surface area contributed by atoms with Gasteiger partial charge in [0.2, 0.25) is 0 Å². The van der Waals surface area contributed by atoms with Crippen molar-refractivity contribution >= 4 is 46.6 Å². The van der Waals surface area contributed by atoms with Crippen molar-refractivity contribution < 1.29 is 23.8 Å². The number of carbonyl (C=O) groups excluding carboxylic acids is 1. The molecule has 1 N–H and O–H groups in total. The van der Waals surface area contributed by atoms with Crippen LogP contribution in [-0.2, 0) is 29.2 Å². The van der Waals surface area contributed by atoms with Gasteiger partial charge in [0.05, 0.1) is 33.8 Å². The van der Waals surface area contributed by atoms with Crippen LogP contribution in [0.3, 0.4) is 0 Å². The number of halogens is 4. The van der Waals surface area contributed by atoms with Crippen LogP contribution in [-0.4, -0.2) is 16.9 Å². The Labute approximate surface area is 238 Å². The van der Waals surface area contributed by atoms with E-state index in [0.717, 1.165) is 29.5 Å². The number of carboxylic acids is 1. The molecule has 204 valence electrons. The van der Waals surface area contributed by atoms with Crippen molar-refractivity contribution in [3.63, 3.8) is 0 Å². The maximum atomic E-state index is 13.5. The van der Waals surface area contributed by atoms with Crippen LogP contribution >= 0.6 is 34.8 Å². The average Bonchev–Trinajstić information content (AvgIpc) is 3.36. The normalized spacial score (nSPS) is 11.6. The van der Waals surface area contributed by atoms with Crippen LogP contribution in [0.4, 0.5) is 4.39 Å². The van der Waals surface area contributed by atoms with E-state index in [4.69, 9.17) is 44.6 Å². The van der Waals surface area contributed by atoms with Gasteiger partial charge < -0.3 is 9.84 Å². The molecule has 0 atom stereocenters. The summed E-state index contributed by atoms with van der Waals surface area (Å²) in [6.07, 6.45) is 2.26. The molecule has 0 radical (unpaired) electrons. The van der Waals surface area contributed by atoms with Gasteiger partial charge in [-0.15, -0.1) is 0 Å². The third-order valence-corrected chi connectivity index (χ3v) is 6.89. The largest absolute Gasteiger partial charge is 0.481 e. The summed E-state index contributed by atoms with van der Waals surface area (Å²) in [6.45, 7) is 8.90. The van der Waals surface area contributed by atoms with Gasteiger partial charge in [-0.1, -0.05) is 73.8 Å². The lowest BCUT2D eigenvalue weighted by Crippen LogP contribution is -1.99. The van der Waals surface area contributed by atoms with Gasteiger partial charge >= 0.3 is 5.97 Å². The van der Waals surface area contributed by atoms with E-state index in [1.165, 1.54) is 22.8 Å². The first-order chi connectivity index (χ1) is 18.0. The SMILES string of the molecule is CCC(=O)O.CCCC(=O)c1c(Cl)cccc1Cl.CCc1cc(F)cc(Cl)c1-c1ccc(C)c2c1COC2. The fourth-order valence-electron chi connectivity index (χ4n) is 3.99. The predicted molar refractivity (Wildman–Crippen MR) is 153 cm³/mol. The zero-order valence-electron chi connectivity index (χ0n) is 22.0. The molecule has 0 aromatic heterocycles. The number of aryl methyl sites for hydroxylation is 2. The van der Waals surface area contributed by atoms with E-state index in [0.29, 0.717) is 40.3 Å². The molecule has 4 rings (SSSR count). The maximum Gasteiger partial charge on any atom is 0.303 e. The number of ether oxygens (including phenoxy) is 1. The highest BCUT2D eigenvalue weighted by Crippen LogP contribution is 2.39. The van der Waals surface area contributed by atoms with Crippen LogP contribution in [0.5, 0.6) is 0 Å². The minimum absolute atomic E-state index is 0.0121. The molecular weight excluding hydrogens is 550 g/mol. The highest BCUT2D eigenvalue weighted by Gasteiger charge is 2.21. The fraction of sp³-hybridized carbons (Fsp3) is 0.333. The molecule has 1 heterocycles. The van der Waals surface area contributed by atoms with Crippen LogP contribution in [0, 0.1) is 12.7 Å². The van der Waals surface area contributed by atoms with Crippen molar-refractivity contribution in [1.29, 1.82) is 0 Å². The zero-order valence-corrected chi connectivity index (χ0v) is 24.2. The quantitative estimate of drug-likeness (QED) is 0.294. The number of ketones is 1. The van der Waals surface area contributed by atoms with E-state index in [1.54, 1.807) is 31.2 Å². The van der Waals surface area contributed by atoms with Gasteiger partial charge in [-0.25, -0.2) is 4.39 Å². The Balaban J connectivity index is 0.000000242. The Morgan fingerprint density at radius 3 is 2.11 bits per heavy atom. The summed E-state index contributed by atoms with van der Waals surface area (Å²) in [4.78, 5) is 20.9. The lowest BCUT2D eigenvalue weighted by molar-refractivity contribution is -0.136. The van der Waals surface area contributed by atoms with Crippen LogP contribution < -0.4 is 0 Å². The van der Waals surface area contributed by atoms with Crippen LogP contribution in [0.2, 0.25) is 15.1 Å². The molecule has 0 saturated carbocycles. The Hall–Kier alpha value is -2.44. The van der Waals surface area contributed by atoms with Crippen molar-refractivity contribution in [3.8, 4) is 11.1 Å². The molecule has 0 spiro atoms. The third-order valence-electron chi connectivity index (χ3n) is 5.97. The lowest BCUT2D eigenvalue weighted by atomic mass is 9.90. The molecule has 0 unspecified atom stereocenters. The minimum atomic E-state index is -0.745. The Morgan fingerprint density at radius 1 is 0.947 bits per heavy atom. The van der Waals surface area contributed by atoms with Gasteiger partial charge in [0.1, 0.15) is 5.82 Å². The molecule has 38 heavy (non-hydrogen) atoms. The highest BCUT2D eigenvalue weighted by molar-refractivity contribution is 6.39. The number of Topliss-reactive ketones (excluding diaryl/α,β-unsaturated/α-hetero) is 1. The molecule has 0 bridgehead atoms. The second-order valence-corrected chi connectivity index (χ2v) is 9.89. The number of hydrogen-bond donors (Lipinski definition) is 1. The second kappa shape index (κ2) is 15.2. The molecule has 0 aliphatic carbocycles. The fourth-order valence-corrected chi connectivity index (χ4v) is 4.92. The predicted octanol–water partition coefficient (Wildman–Crippen LogP) is 9.50. The van der Waals surface area contributed by atoms with Gasteiger partial charge in [-0.05, 0) is 71.8 Å². The lowest BCUT2D eigenvalue weighted by Gasteiger charge is -2.15. The molecule has 1 aliphatic heterocycles. The van der Waals surface area contributed by atoms with Crippen molar-refractivity contribution in [2.75, 3.05) is 0 Å². The third kappa shape index (κ3) is 8.28. The zero-order chi connectivity index (χ0) is 28.4. The summed E-state index contributed by atoms with van der Waals surface area (Å²) in [5.74, 6) is -1.02. The first-order valence-electron chi connectivity index (χ1n) is 12.4. The van der Waals surface area contributed by atoms with Crippen molar-refractivity contribution in [1.82, 2.24) is 0 Å². The molecule has 3 aromatic rings. The number of carbonyl (C=O) groups is 2. The molecular formula is C30H32Cl3FO4. The van der Waals surface area contributed by atoms with Gasteiger partial charge in [-0.2, -0.15) is 0 Å². The van der Waals surface area contributed by atoms with Gasteiger partial charge in [-0.3, -0.25) is 9.59 Å². The van der Waals surface area contributed by atoms with E-state index in [9.17, 15) is 14.0 Å². The first kappa shape index (κ1) is 31.8. The number of fused-ring (bicyclic) bond motifs is 1. The van der Waals surface area contributed by atoms with Crippen LogP contribution in [0.1, 0.15) is 72.6 Å². The van der Waals surface area contributed by atoms with E-state index in [-0.39, 0.29) is 18.0 Å². The van der Waals surface area contributed by atoms with Crippen LogP contribution in [0.15, 0.2) is 42.5 Å². The maximum absolute atomic E-state index is 13.5. The summed E-state index contributed by atoms with van der Waals surface area (Å²) < 4.78 is 19.1. The monoisotopic (exact) mass is 580 g/mol. The van der Waals surface area contributed by atoms with Crippen LogP contribution in [0.25, 0.3) is 11.1 Å². The Bertz CT molecular complexity index is 1270. The molecule has 8 heteroatoms. The molecule has 0 saturated heterocycles. The van der Waals surface area contributed by atoms with Gasteiger partial charge in [0, 0.05) is 18.4 Å². The summed E-state index contributed by atoms with van der Waals surface area (Å²) >= 11 is 18.0. The standard InChI is InChI=1S/C17H16ClFO.C10H10Cl2O.C3H6O2/c1-3-11-6-12(19)7-16(18)17(11)13-5-4-10(2)14-8-20-9-15(13)14;1-2-4-9(13)10-7(11)5-3-6-8(10)12;1-2-3(4)5/h4-7H,3,8-9H2,1-2H3;3,5-6H,2,4H2,1H3;2H2,1H3,(H,4,5). The van der Waals surface area contributed by atoms with E-state index < -0.39 is 5.97 Å². The Kier molecular flexibility index (Phi) is 12.7. The average molecular weight is 582 g/mol. The number of carboxylic acid groups (broad SMARTS) is 1. The van der Waals surface area contributed by atoms with Crippen molar-refractivity contribution in [2.24, 2.45) is 0 Å². The molecule has 0 fully saturated rings. The number of benzene rings is 3. The molecule has 3 aromatic carbocycles. The molecule has 0 amide bonds. The highest BCUT2D eigenvalue weighted by atomic mass is 35.5. The molecule has 4 nitrogen and oxygen atoms in total. The number of aliphatic carboxylic acids is 1. The van der Waals surface area contributed by atoms with Gasteiger partial charge in [0.25, 0.3) is 0 Å². The molecule has 1 aliphatic rings. The van der Waals surface area contributed by atoms with Crippen molar-refractivity contribution in [3.05, 3.63) is 91.2 Å². The number of rotatable bonds is 6. The minimum Gasteiger partial charge on any atom is -0.481 e. The summed E-state index contributed by atoms with van der Waals surface area (Å²) in [5, 5.41) is 9.07. The van der Waals surface area contributed by atoms with Crippen molar-refractivity contribution in [2.45, 2.75) is 66.6 Å². The topological polar surface area (TPSA) is 63.6 Å². The summed E-state index contributed by atoms with van der Waals surface area (Å²) in [5.41, 5.74) is 7.07. The summed E-state index contributed by atoms with van der Waals surface area (Å²) in [6, 6.07) is 12.2. The second-order valence-electron chi connectivity index (χ2n) is 8.67. The van der Waals surface area contributed by atoms with E-state index in [2.05, 4.69) is 19.1 Å². The van der Waals surface area contributed by atoms with E-state index in [1.807, 2.05) is 13.8 Å². The van der Waals surface area contributed by atoms with E-state index >= 15 is 0 Å². The number of hydrogen-bond acceptors (Lipinski definition) is 3.